The van der Waals surface area contributed by atoms with E-state index in [0.717, 1.165) is 12.1 Å². The fourth-order valence-electron chi connectivity index (χ4n) is 2.46. The first-order valence-electron chi connectivity index (χ1n) is 7.48. The van der Waals surface area contributed by atoms with E-state index in [4.69, 9.17) is 4.74 Å². The van der Waals surface area contributed by atoms with Crippen LogP contribution in [0.1, 0.15) is 18.6 Å². The molecule has 0 aliphatic rings. The topological polar surface area (TPSA) is 75.9 Å². The summed E-state index contributed by atoms with van der Waals surface area (Å²) < 4.78 is 44.4. The minimum Gasteiger partial charge on any atom is -0.493 e. The molecule has 0 fully saturated rings. The van der Waals surface area contributed by atoms with Crippen LogP contribution in [0.15, 0.2) is 47.4 Å². The van der Waals surface area contributed by atoms with Gasteiger partial charge in [0, 0.05) is 11.9 Å². The molecule has 0 saturated heterocycles. The number of rotatable bonds is 4. The average molecular weight is 381 g/mol. The van der Waals surface area contributed by atoms with Crippen molar-refractivity contribution in [2.24, 2.45) is 0 Å². The number of pyridine rings is 1. The lowest BCUT2D eigenvalue weighted by atomic mass is 10.2. The highest BCUT2D eigenvalue weighted by Crippen LogP contribution is 2.30. The summed E-state index contributed by atoms with van der Waals surface area (Å²) >= 11 is 0. The Morgan fingerprint density at radius 1 is 1.22 bits per heavy atom. The molecular formula is C18H18F3N3O3. The number of hydrogen-bond acceptors (Lipinski definition) is 5. The number of methoxy groups -OCH3 is 1. The summed E-state index contributed by atoms with van der Waals surface area (Å²) in [5.74, 6) is 0.381. The number of benzene rings is 1. The third kappa shape index (κ3) is 3.87. The number of aliphatic hydroxyl groups is 1. The molecule has 0 bridgehead atoms. The summed E-state index contributed by atoms with van der Waals surface area (Å²) in [5.41, 5.74) is -0.814. The van der Waals surface area contributed by atoms with Gasteiger partial charge in [0.2, 0.25) is 0 Å². The van der Waals surface area contributed by atoms with Gasteiger partial charge in [0.15, 0.2) is 11.4 Å². The van der Waals surface area contributed by atoms with E-state index in [0.29, 0.717) is 11.4 Å². The van der Waals surface area contributed by atoms with Crippen molar-refractivity contribution >= 4 is 17.2 Å². The van der Waals surface area contributed by atoms with Gasteiger partial charge in [0.1, 0.15) is 5.82 Å². The first-order chi connectivity index (χ1) is 12.3. The molecule has 0 atom stereocenters. The second-order valence-corrected chi connectivity index (χ2v) is 5.37. The molecular weight excluding hydrogens is 363 g/mol. The van der Waals surface area contributed by atoms with Crippen LogP contribution in [0.3, 0.4) is 0 Å². The van der Waals surface area contributed by atoms with E-state index in [9.17, 15) is 23.1 Å². The lowest BCUT2D eigenvalue weighted by Gasteiger charge is -2.13. The van der Waals surface area contributed by atoms with Gasteiger partial charge >= 0.3 is 6.18 Å². The number of nitrogens with zero attached hydrogens (tertiary/aromatic N) is 2. The molecule has 0 aliphatic heterocycles. The number of alkyl halides is 3. The number of nitrogens with one attached hydrogen (secondary N) is 1. The third-order valence-corrected chi connectivity index (χ3v) is 3.76. The van der Waals surface area contributed by atoms with Crippen LogP contribution in [-0.4, -0.2) is 21.6 Å². The summed E-state index contributed by atoms with van der Waals surface area (Å²) in [4.78, 5) is 16.8. The minimum atomic E-state index is -4.44. The zero-order valence-corrected chi connectivity index (χ0v) is 13.5. The third-order valence-electron chi connectivity index (χ3n) is 3.76. The first-order valence-corrected chi connectivity index (χ1v) is 7.48. The number of aromatic nitrogens is 2. The molecule has 3 rings (SSSR count). The summed E-state index contributed by atoms with van der Waals surface area (Å²) in [7, 11) is 1.42. The highest BCUT2D eigenvalue weighted by Gasteiger charge is 2.30. The van der Waals surface area contributed by atoms with Gasteiger partial charge in [-0.3, -0.25) is 9.20 Å². The zero-order chi connectivity index (χ0) is 18.9. The van der Waals surface area contributed by atoms with Crippen molar-refractivity contribution in [3.63, 3.8) is 0 Å². The number of anilines is 2. The molecule has 2 N–H and O–H groups in total. The molecule has 6 nitrogen and oxygen atoms in total. The van der Waals surface area contributed by atoms with Gasteiger partial charge < -0.3 is 15.2 Å². The molecule has 2 aromatic heterocycles. The normalized spacial score (nSPS) is 11.1. The largest absolute Gasteiger partial charge is 0.493 e. The number of halogens is 3. The standard InChI is InChI=1S/C17H14F3N3O3.CH4/c1-26-13-3-2-8-23-15(13)22-14(12(9-24)16(23)25)21-11-6-4-10(5-7-11)17(18,19)20;/h2-8,21,24H,9H2,1H3;1H4. The molecule has 9 heteroatoms. The van der Waals surface area contributed by atoms with Gasteiger partial charge in [-0.25, -0.2) is 4.98 Å². The van der Waals surface area contributed by atoms with Gasteiger partial charge in [-0.1, -0.05) is 7.43 Å². The first kappa shape index (κ1) is 20.2. The Kier molecular flexibility index (Phi) is 5.75. The SMILES string of the molecule is C.COc1cccn2c(=O)c(CO)c(Nc3ccc(C(F)(F)F)cc3)nc12. The van der Waals surface area contributed by atoms with Crippen LogP contribution in [0.4, 0.5) is 24.7 Å². The van der Waals surface area contributed by atoms with Gasteiger partial charge in [-0.2, -0.15) is 13.2 Å². The van der Waals surface area contributed by atoms with E-state index in [1.807, 2.05) is 0 Å². The van der Waals surface area contributed by atoms with Crippen molar-refractivity contribution in [2.45, 2.75) is 20.2 Å². The van der Waals surface area contributed by atoms with Crippen LogP contribution in [-0.2, 0) is 12.8 Å². The molecule has 27 heavy (non-hydrogen) atoms. The van der Waals surface area contributed by atoms with E-state index >= 15 is 0 Å². The fourth-order valence-corrected chi connectivity index (χ4v) is 2.46. The molecule has 0 aliphatic carbocycles. The van der Waals surface area contributed by atoms with Gasteiger partial charge in [0.05, 0.1) is 24.8 Å². The van der Waals surface area contributed by atoms with Gasteiger partial charge in [-0.15, -0.1) is 0 Å². The van der Waals surface area contributed by atoms with E-state index in [1.165, 1.54) is 29.8 Å². The zero-order valence-electron chi connectivity index (χ0n) is 13.5. The van der Waals surface area contributed by atoms with Crippen molar-refractivity contribution in [1.82, 2.24) is 9.38 Å². The average Bonchev–Trinajstić information content (AvgIpc) is 2.61. The highest BCUT2D eigenvalue weighted by molar-refractivity contribution is 5.64. The smallest absolute Gasteiger partial charge is 0.416 e. The van der Waals surface area contributed by atoms with Crippen molar-refractivity contribution < 1.29 is 23.0 Å². The number of aliphatic hydroxyl groups excluding tert-OH is 1. The molecule has 0 unspecified atom stereocenters. The van der Waals surface area contributed by atoms with Crippen molar-refractivity contribution in [1.29, 1.82) is 0 Å². The predicted octanol–water partition coefficient (Wildman–Crippen LogP) is 3.59. The Morgan fingerprint density at radius 3 is 2.44 bits per heavy atom. The highest BCUT2D eigenvalue weighted by atomic mass is 19.4. The summed E-state index contributed by atoms with van der Waals surface area (Å²) in [5, 5.41) is 12.3. The summed E-state index contributed by atoms with van der Waals surface area (Å²) in [6, 6.07) is 7.47. The van der Waals surface area contributed by atoms with E-state index in [1.54, 1.807) is 12.1 Å². The molecule has 3 aromatic rings. The minimum absolute atomic E-state index is 0. The molecule has 0 saturated carbocycles. The van der Waals surface area contributed by atoms with Crippen LogP contribution in [0.25, 0.3) is 5.65 Å². The van der Waals surface area contributed by atoms with Gasteiger partial charge in [-0.05, 0) is 36.4 Å². The summed E-state index contributed by atoms with van der Waals surface area (Å²) in [6.45, 7) is -0.588. The van der Waals surface area contributed by atoms with Crippen molar-refractivity contribution in [3.8, 4) is 5.75 Å². The van der Waals surface area contributed by atoms with Crippen LogP contribution in [0, 0.1) is 0 Å². The number of ether oxygens (including phenoxy) is 1. The Morgan fingerprint density at radius 2 is 1.89 bits per heavy atom. The molecule has 0 radical (unpaired) electrons. The Balaban J connectivity index is 0.00000261. The van der Waals surface area contributed by atoms with Gasteiger partial charge in [0.25, 0.3) is 5.56 Å². The van der Waals surface area contributed by atoms with Crippen LogP contribution in [0.2, 0.25) is 0 Å². The molecule has 144 valence electrons. The monoisotopic (exact) mass is 381 g/mol. The lowest BCUT2D eigenvalue weighted by Crippen LogP contribution is -2.22. The van der Waals surface area contributed by atoms with E-state index in [-0.39, 0.29) is 24.5 Å². The summed E-state index contributed by atoms with van der Waals surface area (Å²) in [6.07, 6.45) is -2.96. The second-order valence-electron chi connectivity index (χ2n) is 5.37. The fraction of sp³-hybridized carbons (Fsp3) is 0.222. The van der Waals surface area contributed by atoms with Crippen LogP contribution >= 0.6 is 0 Å². The lowest BCUT2D eigenvalue weighted by molar-refractivity contribution is -0.137. The number of hydrogen-bond donors (Lipinski definition) is 2. The second kappa shape index (κ2) is 7.67. The Hall–Kier alpha value is -3.07. The maximum atomic E-state index is 12.7. The molecule has 2 heterocycles. The molecule has 1 aromatic carbocycles. The van der Waals surface area contributed by atoms with Crippen molar-refractivity contribution in [2.75, 3.05) is 12.4 Å². The maximum absolute atomic E-state index is 12.7. The van der Waals surface area contributed by atoms with Crippen LogP contribution in [0.5, 0.6) is 5.75 Å². The quantitative estimate of drug-likeness (QED) is 0.722. The number of fused-ring (bicyclic) bond motifs is 1. The van der Waals surface area contributed by atoms with Crippen LogP contribution < -0.4 is 15.6 Å². The van der Waals surface area contributed by atoms with E-state index < -0.39 is 23.9 Å². The Bertz CT molecular complexity index is 999. The molecule has 0 amide bonds. The Labute approximate surface area is 152 Å². The van der Waals surface area contributed by atoms with Crippen molar-refractivity contribution in [3.05, 3.63) is 64.1 Å². The van der Waals surface area contributed by atoms with E-state index in [2.05, 4.69) is 10.3 Å². The maximum Gasteiger partial charge on any atom is 0.416 e. The molecule has 0 spiro atoms. The predicted molar refractivity (Wildman–Crippen MR) is 95.4 cm³/mol.